The van der Waals surface area contributed by atoms with Crippen LogP contribution in [0.4, 0.5) is 5.69 Å². The van der Waals surface area contributed by atoms with Gasteiger partial charge in [0.25, 0.3) is 0 Å². The van der Waals surface area contributed by atoms with E-state index in [0.717, 1.165) is 12.0 Å². The number of sulfonamides is 1. The van der Waals surface area contributed by atoms with Crippen LogP contribution in [-0.2, 0) is 21.2 Å². The smallest absolute Gasteiger partial charge is 0.240 e. The average molecular weight is 360 g/mol. The van der Waals surface area contributed by atoms with Gasteiger partial charge >= 0.3 is 0 Å². The lowest BCUT2D eigenvalue weighted by molar-refractivity contribution is -0.116. The largest absolute Gasteiger partial charge is 0.326 e. The zero-order valence-corrected chi connectivity index (χ0v) is 15.3. The Labute approximate surface area is 149 Å². The van der Waals surface area contributed by atoms with E-state index in [4.69, 9.17) is 0 Å². The topological polar surface area (TPSA) is 75.3 Å². The molecule has 0 aliphatic carbocycles. The molecule has 0 bridgehead atoms. The molecule has 0 saturated carbocycles. The van der Waals surface area contributed by atoms with Crippen molar-refractivity contribution in [3.63, 3.8) is 0 Å². The highest BCUT2D eigenvalue weighted by atomic mass is 32.2. The van der Waals surface area contributed by atoms with Crippen molar-refractivity contribution < 1.29 is 13.2 Å². The van der Waals surface area contributed by atoms with Gasteiger partial charge < -0.3 is 5.32 Å². The summed E-state index contributed by atoms with van der Waals surface area (Å²) in [5.74, 6) is -0.0998. The zero-order chi connectivity index (χ0) is 18.3. The fourth-order valence-corrected chi connectivity index (χ4v) is 3.59. The Morgan fingerprint density at radius 2 is 1.68 bits per heavy atom. The summed E-state index contributed by atoms with van der Waals surface area (Å²) >= 11 is 0. The second-order valence-corrected chi connectivity index (χ2v) is 7.70. The molecule has 0 saturated heterocycles. The normalized spacial score (nSPS) is 12.6. The molecule has 0 fully saturated rings. The van der Waals surface area contributed by atoms with Crippen LogP contribution in [0, 0.1) is 0 Å². The number of amides is 1. The van der Waals surface area contributed by atoms with Crippen LogP contribution in [-0.4, -0.2) is 20.4 Å². The summed E-state index contributed by atoms with van der Waals surface area (Å²) in [6.45, 7) is 3.74. The first-order valence-corrected chi connectivity index (χ1v) is 9.85. The maximum Gasteiger partial charge on any atom is 0.240 e. The van der Waals surface area contributed by atoms with E-state index in [1.165, 1.54) is 12.1 Å². The molecule has 0 unspecified atom stereocenters. The van der Waals surface area contributed by atoms with Crippen molar-refractivity contribution in [3.05, 3.63) is 60.2 Å². The van der Waals surface area contributed by atoms with E-state index in [1.54, 1.807) is 12.1 Å². The van der Waals surface area contributed by atoms with E-state index in [1.807, 2.05) is 44.2 Å². The van der Waals surface area contributed by atoms with E-state index >= 15 is 0 Å². The number of carbonyl (C=O) groups excluding carboxylic acids is 1. The highest BCUT2D eigenvalue weighted by Crippen LogP contribution is 2.15. The van der Waals surface area contributed by atoms with Crippen molar-refractivity contribution in [2.45, 2.75) is 44.0 Å². The minimum absolute atomic E-state index is 0.0998. The molecular weight excluding hydrogens is 336 g/mol. The fraction of sp³-hybridized carbons (Fsp3) is 0.316. The van der Waals surface area contributed by atoms with E-state index in [9.17, 15) is 13.2 Å². The number of hydrogen-bond acceptors (Lipinski definition) is 3. The monoisotopic (exact) mass is 360 g/mol. The quantitative estimate of drug-likeness (QED) is 0.758. The van der Waals surface area contributed by atoms with Crippen molar-refractivity contribution in [3.8, 4) is 0 Å². The molecule has 5 nitrogen and oxygen atoms in total. The maximum atomic E-state index is 12.2. The first kappa shape index (κ1) is 19.1. The standard InChI is InChI=1S/C19H24N2O3S/c1-3-15(2)21-25(23,24)18-12-10-17(11-13-18)20-19(22)14-9-16-7-5-4-6-8-16/h4-8,10-13,15,21H,3,9,14H2,1-2H3,(H,20,22)/t15-/m0/s1. The van der Waals surface area contributed by atoms with Gasteiger partial charge in [0.15, 0.2) is 0 Å². The van der Waals surface area contributed by atoms with Gasteiger partial charge in [-0.3, -0.25) is 4.79 Å². The average Bonchev–Trinajstić information content (AvgIpc) is 2.61. The van der Waals surface area contributed by atoms with Crippen LogP contribution in [0.3, 0.4) is 0 Å². The highest BCUT2D eigenvalue weighted by Gasteiger charge is 2.16. The number of rotatable bonds is 8. The fourth-order valence-electron chi connectivity index (χ4n) is 2.26. The van der Waals surface area contributed by atoms with Gasteiger partial charge in [-0.1, -0.05) is 37.3 Å². The van der Waals surface area contributed by atoms with Gasteiger partial charge in [0.1, 0.15) is 0 Å². The summed E-state index contributed by atoms with van der Waals surface area (Å²) in [6, 6.07) is 15.9. The second-order valence-electron chi connectivity index (χ2n) is 5.99. The molecule has 25 heavy (non-hydrogen) atoms. The second kappa shape index (κ2) is 8.78. The van der Waals surface area contributed by atoms with Gasteiger partial charge in [0.05, 0.1) is 4.90 Å². The van der Waals surface area contributed by atoms with Crippen LogP contribution >= 0.6 is 0 Å². The van der Waals surface area contributed by atoms with Gasteiger partial charge in [-0.05, 0) is 49.6 Å². The molecule has 2 aromatic rings. The molecule has 1 atom stereocenters. The van der Waals surface area contributed by atoms with E-state index < -0.39 is 10.0 Å². The Bertz CT molecular complexity index is 787. The highest BCUT2D eigenvalue weighted by molar-refractivity contribution is 7.89. The molecule has 0 radical (unpaired) electrons. The molecule has 1 amide bonds. The van der Waals surface area contributed by atoms with Gasteiger partial charge in [0, 0.05) is 18.2 Å². The molecule has 0 aliphatic heterocycles. The van der Waals surface area contributed by atoms with Crippen molar-refractivity contribution in [2.75, 3.05) is 5.32 Å². The molecule has 2 rings (SSSR count). The summed E-state index contributed by atoms with van der Waals surface area (Å²) in [4.78, 5) is 12.2. The molecule has 0 aliphatic rings. The third-order valence-electron chi connectivity index (χ3n) is 3.90. The maximum absolute atomic E-state index is 12.2. The minimum Gasteiger partial charge on any atom is -0.326 e. The first-order chi connectivity index (χ1) is 11.9. The number of hydrogen-bond donors (Lipinski definition) is 2. The Kier molecular flexibility index (Phi) is 6.73. The van der Waals surface area contributed by atoms with E-state index in [0.29, 0.717) is 18.5 Å². The SMILES string of the molecule is CC[C@H](C)NS(=O)(=O)c1ccc(NC(=O)CCc2ccccc2)cc1. The summed E-state index contributed by atoms with van der Waals surface area (Å²) in [7, 11) is -3.53. The number of aryl methyl sites for hydroxylation is 1. The van der Waals surface area contributed by atoms with Gasteiger partial charge in [-0.25, -0.2) is 13.1 Å². The lowest BCUT2D eigenvalue weighted by atomic mass is 10.1. The molecular formula is C19H24N2O3S. The Morgan fingerprint density at radius 3 is 2.28 bits per heavy atom. The Morgan fingerprint density at radius 1 is 1.04 bits per heavy atom. The van der Waals surface area contributed by atoms with Crippen LogP contribution in [0.1, 0.15) is 32.3 Å². The van der Waals surface area contributed by atoms with Crippen LogP contribution < -0.4 is 10.0 Å². The predicted octanol–water partition coefficient (Wildman–Crippen LogP) is 3.33. The van der Waals surface area contributed by atoms with Crippen molar-refractivity contribution in [1.82, 2.24) is 4.72 Å². The summed E-state index contributed by atoms with van der Waals surface area (Å²) < 4.78 is 27.0. The van der Waals surface area contributed by atoms with Gasteiger partial charge in [-0.2, -0.15) is 0 Å². The van der Waals surface area contributed by atoms with Crippen LogP contribution in [0.25, 0.3) is 0 Å². The Balaban J connectivity index is 1.92. The number of carbonyl (C=O) groups is 1. The summed E-state index contributed by atoms with van der Waals surface area (Å²) in [5.41, 5.74) is 1.69. The van der Waals surface area contributed by atoms with Crippen molar-refractivity contribution in [1.29, 1.82) is 0 Å². The third kappa shape index (κ3) is 5.99. The number of anilines is 1. The number of benzene rings is 2. The molecule has 2 N–H and O–H groups in total. The van der Waals surface area contributed by atoms with Gasteiger partial charge in [-0.15, -0.1) is 0 Å². The molecule has 2 aromatic carbocycles. The van der Waals surface area contributed by atoms with Gasteiger partial charge in [0.2, 0.25) is 15.9 Å². The lowest BCUT2D eigenvalue weighted by Gasteiger charge is -2.12. The zero-order valence-electron chi connectivity index (χ0n) is 14.5. The van der Waals surface area contributed by atoms with Crippen molar-refractivity contribution >= 4 is 21.6 Å². The first-order valence-electron chi connectivity index (χ1n) is 8.37. The Hall–Kier alpha value is -2.18. The van der Waals surface area contributed by atoms with Crippen molar-refractivity contribution in [2.24, 2.45) is 0 Å². The molecule has 6 heteroatoms. The van der Waals surface area contributed by atoms with E-state index in [2.05, 4.69) is 10.0 Å². The lowest BCUT2D eigenvalue weighted by Crippen LogP contribution is -2.31. The van der Waals surface area contributed by atoms with Crippen LogP contribution in [0.15, 0.2) is 59.5 Å². The minimum atomic E-state index is -3.53. The number of nitrogens with one attached hydrogen (secondary N) is 2. The molecule has 0 heterocycles. The molecule has 134 valence electrons. The predicted molar refractivity (Wildman–Crippen MR) is 99.9 cm³/mol. The van der Waals surface area contributed by atoms with E-state index in [-0.39, 0.29) is 16.8 Å². The summed E-state index contributed by atoms with van der Waals surface area (Å²) in [6.07, 6.45) is 1.76. The van der Waals surface area contributed by atoms with Crippen LogP contribution in [0.2, 0.25) is 0 Å². The summed E-state index contributed by atoms with van der Waals surface area (Å²) in [5, 5.41) is 2.79. The van der Waals surface area contributed by atoms with Crippen LogP contribution in [0.5, 0.6) is 0 Å². The molecule has 0 aromatic heterocycles. The third-order valence-corrected chi connectivity index (χ3v) is 5.51. The molecule has 0 spiro atoms.